The van der Waals surface area contributed by atoms with Crippen molar-refractivity contribution in [3.05, 3.63) is 120 Å². The number of aliphatic hydroxyl groups excluding tert-OH is 1. The Kier molecular flexibility index (Phi) is 7.93. The third-order valence-corrected chi connectivity index (χ3v) is 5.19. The Bertz CT molecular complexity index is 1230. The Balaban J connectivity index is 0.00000306. The molecule has 0 amide bonds. The van der Waals surface area contributed by atoms with Crippen LogP contribution in [0.3, 0.4) is 0 Å². The first-order valence-corrected chi connectivity index (χ1v) is 10.4. The van der Waals surface area contributed by atoms with Crippen molar-refractivity contribution in [1.29, 1.82) is 0 Å². The van der Waals surface area contributed by atoms with Gasteiger partial charge in [-0.1, -0.05) is 49.4 Å². The number of pyridine rings is 1. The summed E-state index contributed by atoms with van der Waals surface area (Å²) in [6, 6.07) is 25.9. The average molecular weight is 464 g/mol. The van der Waals surface area contributed by atoms with E-state index in [2.05, 4.69) is 0 Å². The van der Waals surface area contributed by atoms with Gasteiger partial charge in [0, 0.05) is 28.0 Å². The minimum atomic E-state index is -0.720. The average Bonchev–Trinajstić information content (AvgIpc) is 2.84. The van der Waals surface area contributed by atoms with Crippen molar-refractivity contribution in [2.75, 3.05) is 0 Å². The summed E-state index contributed by atoms with van der Waals surface area (Å²) in [4.78, 5) is 18.8. The van der Waals surface area contributed by atoms with E-state index in [1.54, 1.807) is 30.5 Å². The van der Waals surface area contributed by atoms with Crippen molar-refractivity contribution in [2.24, 2.45) is 0 Å². The molecule has 6 heteroatoms. The third-order valence-electron chi connectivity index (χ3n) is 5.19. The Morgan fingerprint density at radius 2 is 1.64 bits per heavy atom. The molecule has 0 aliphatic carbocycles. The van der Waals surface area contributed by atoms with Crippen LogP contribution in [-0.2, 0) is 0 Å². The number of aromatic nitrogens is 1. The van der Waals surface area contributed by atoms with Crippen LogP contribution >= 0.6 is 0 Å². The van der Waals surface area contributed by atoms with Gasteiger partial charge in [-0.2, -0.15) is 0 Å². The smallest absolute Gasteiger partial charge is 0.263 e. The van der Waals surface area contributed by atoms with Crippen LogP contribution in [-0.4, -0.2) is 10.9 Å². The van der Waals surface area contributed by atoms with Crippen molar-refractivity contribution >= 4 is 5.78 Å². The molecule has 4 aromatic rings. The van der Waals surface area contributed by atoms with Crippen LogP contribution in [0.25, 0.3) is 11.1 Å². The zero-order valence-electron chi connectivity index (χ0n) is 18.0. The van der Waals surface area contributed by atoms with Gasteiger partial charge < -0.3 is 17.5 Å². The summed E-state index contributed by atoms with van der Waals surface area (Å²) in [5, 5.41) is 10.6. The molecule has 0 fully saturated rings. The van der Waals surface area contributed by atoms with Crippen LogP contribution in [0.1, 0.15) is 41.1 Å². The molecule has 0 radical (unpaired) electrons. The molecule has 4 rings (SSSR count). The minimum absolute atomic E-state index is 0. The minimum Gasteiger partial charge on any atom is -1.00 e. The summed E-state index contributed by atoms with van der Waals surface area (Å²) >= 11 is 0. The van der Waals surface area contributed by atoms with Crippen LogP contribution in [0.2, 0.25) is 0 Å². The van der Waals surface area contributed by atoms with Crippen molar-refractivity contribution in [3.8, 4) is 16.9 Å². The van der Waals surface area contributed by atoms with Gasteiger partial charge in [-0.15, -0.1) is 0 Å². The molecule has 4 nitrogen and oxygen atoms in total. The lowest BCUT2D eigenvalue weighted by molar-refractivity contribution is -0.882. The molecule has 0 bridgehead atoms. The lowest BCUT2D eigenvalue weighted by Gasteiger charge is -2.10. The van der Waals surface area contributed by atoms with Gasteiger partial charge >= 0.3 is 0 Å². The molecule has 33 heavy (non-hydrogen) atoms. The van der Waals surface area contributed by atoms with Crippen LogP contribution in [0.4, 0.5) is 4.39 Å². The van der Waals surface area contributed by atoms with Crippen molar-refractivity contribution in [3.63, 3.8) is 0 Å². The molecule has 168 valence electrons. The highest BCUT2D eigenvalue weighted by atomic mass is 35.5. The fourth-order valence-corrected chi connectivity index (χ4v) is 3.43. The monoisotopic (exact) mass is 463 g/mol. The van der Waals surface area contributed by atoms with E-state index in [0.717, 1.165) is 11.1 Å². The molecule has 0 spiro atoms. The Morgan fingerprint density at radius 1 is 0.909 bits per heavy atom. The van der Waals surface area contributed by atoms with Gasteiger partial charge in [0.05, 0.1) is 0 Å². The molecule has 1 N–H and O–H groups in total. The van der Waals surface area contributed by atoms with Gasteiger partial charge in [-0.25, -0.2) is 9.23 Å². The first-order valence-electron chi connectivity index (χ1n) is 10.4. The van der Waals surface area contributed by atoms with Gasteiger partial charge in [0.25, 0.3) is 5.69 Å². The van der Waals surface area contributed by atoms with E-state index < -0.39 is 11.9 Å². The van der Waals surface area contributed by atoms with E-state index >= 15 is 0 Å². The van der Waals surface area contributed by atoms with Gasteiger partial charge in [-0.05, 0) is 53.9 Å². The lowest BCUT2D eigenvalue weighted by atomic mass is 10.0. The second-order valence-corrected chi connectivity index (χ2v) is 7.41. The number of halogens is 2. The second-order valence-electron chi connectivity index (χ2n) is 7.41. The molecule has 0 aliphatic rings. The molecule has 1 heterocycles. The van der Waals surface area contributed by atoms with E-state index in [9.17, 15) is 14.3 Å². The lowest BCUT2D eigenvalue weighted by Crippen LogP contribution is -3.00. The van der Waals surface area contributed by atoms with E-state index in [-0.39, 0.29) is 18.2 Å². The highest BCUT2D eigenvalue weighted by molar-refractivity contribution is 6.09. The van der Waals surface area contributed by atoms with E-state index in [1.807, 2.05) is 49.4 Å². The maximum absolute atomic E-state index is 13.2. The molecular formula is C27H23ClFNO3. The maximum Gasteiger partial charge on any atom is 0.263 e. The largest absolute Gasteiger partial charge is 1.00 e. The number of hydrogen-bond donors (Lipinski definition) is 1. The summed E-state index contributed by atoms with van der Waals surface area (Å²) in [5.41, 5.74) is 3.42. The maximum atomic E-state index is 13.2. The Labute approximate surface area is 198 Å². The number of ketones is 1. The fraction of sp³-hybridized carbons (Fsp3) is 0.111. The molecule has 1 unspecified atom stereocenters. The predicted molar refractivity (Wildman–Crippen MR) is 120 cm³/mol. The standard InChI is InChI=1S/C27H23FNO3.ClH/c1-2-26(30)25-18-21(19-7-4-3-5-8-19)15-16-29(25)32-24-10-6-9-22(17-24)27(31)20-11-13-23(28)14-12-20;/h3-18,26,30H,2H2,1H3;1H/q+1;/p-1. The fourth-order valence-electron chi connectivity index (χ4n) is 3.43. The molecule has 0 saturated carbocycles. The highest BCUT2D eigenvalue weighted by Crippen LogP contribution is 2.23. The molecular weight excluding hydrogens is 441 g/mol. The predicted octanol–water partition coefficient (Wildman–Crippen LogP) is 2.30. The first kappa shape index (κ1) is 24.1. The van der Waals surface area contributed by atoms with Gasteiger partial charge in [0.2, 0.25) is 11.9 Å². The number of rotatable bonds is 7. The quantitative estimate of drug-likeness (QED) is 0.338. The number of nitrogens with zero attached hydrogens (tertiary/aromatic N) is 1. The number of aliphatic hydroxyl groups is 1. The molecule has 0 aliphatic heterocycles. The second kappa shape index (κ2) is 10.9. The summed E-state index contributed by atoms with van der Waals surface area (Å²) in [5.74, 6) is -0.176. The zero-order chi connectivity index (χ0) is 22.5. The van der Waals surface area contributed by atoms with Crippen LogP contribution in [0.5, 0.6) is 5.75 Å². The van der Waals surface area contributed by atoms with Crippen LogP contribution in [0, 0.1) is 5.82 Å². The summed E-state index contributed by atoms with van der Waals surface area (Å²) in [6.45, 7) is 1.90. The van der Waals surface area contributed by atoms with Crippen molar-refractivity contribution < 1.29 is 36.3 Å². The van der Waals surface area contributed by atoms with Crippen molar-refractivity contribution in [1.82, 2.24) is 0 Å². The molecule has 3 aromatic carbocycles. The normalized spacial score (nSPS) is 11.4. The molecule has 0 saturated heterocycles. The van der Waals surface area contributed by atoms with E-state index in [4.69, 9.17) is 4.84 Å². The molecule has 1 atom stereocenters. The van der Waals surface area contributed by atoms with Gasteiger partial charge in [-0.3, -0.25) is 4.79 Å². The Morgan fingerprint density at radius 3 is 2.33 bits per heavy atom. The summed E-state index contributed by atoms with van der Waals surface area (Å²) < 4.78 is 14.7. The number of benzene rings is 3. The van der Waals surface area contributed by atoms with E-state index in [1.165, 1.54) is 29.0 Å². The molecule has 1 aromatic heterocycles. The number of hydrogen-bond acceptors (Lipinski definition) is 3. The highest BCUT2D eigenvalue weighted by Gasteiger charge is 2.23. The van der Waals surface area contributed by atoms with Gasteiger partial charge in [0.15, 0.2) is 5.78 Å². The number of carbonyl (C=O) groups excluding carboxylic acids is 1. The SMILES string of the molecule is CCC(O)c1cc(-c2ccccc2)cc[n+]1Oc1cccc(C(=O)c2ccc(F)cc2)c1.[Cl-]. The Hall–Kier alpha value is -3.54. The van der Waals surface area contributed by atoms with Crippen LogP contribution < -0.4 is 22.0 Å². The van der Waals surface area contributed by atoms with Crippen LogP contribution in [0.15, 0.2) is 97.2 Å². The number of carbonyl (C=O) groups is 1. The van der Waals surface area contributed by atoms with Crippen molar-refractivity contribution in [2.45, 2.75) is 19.4 Å². The zero-order valence-corrected chi connectivity index (χ0v) is 18.7. The van der Waals surface area contributed by atoms with E-state index in [0.29, 0.717) is 29.0 Å². The summed E-state index contributed by atoms with van der Waals surface area (Å²) in [7, 11) is 0. The summed E-state index contributed by atoms with van der Waals surface area (Å²) in [6.07, 6.45) is 1.55. The third kappa shape index (κ3) is 5.64. The first-order chi connectivity index (χ1) is 15.5. The topological polar surface area (TPSA) is 50.4 Å². The van der Waals surface area contributed by atoms with Gasteiger partial charge in [0.1, 0.15) is 11.9 Å².